The van der Waals surface area contributed by atoms with Crippen LogP contribution < -0.4 is 5.32 Å². The zero-order chi connectivity index (χ0) is 10.9. The van der Waals surface area contributed by atoms with E-state index in [9.17, 15) is 4.39 Å². The molecular formula is C13H18FN. The fourth-order valence-corrected chi connectivity index (χ4v) is 2.08. The minimum Gasteiger partial charge on any atom is -0.310 e. The summed E-state index contributed by atoms with van der Waals surface area (Å²) in [5, 5.41) is 3.44. The van der Waals surface area contributed by atoms with Gasteiger partial charge < -0.3 is 5.32 Å². The summed E-state index contributed by atoms with van der Waals surface area (Å²) in [6.45, 7) is 4.28. The van der Waals surface area contributed by atoms with E-state index in [1.165, 1.54) is 18.4 Å². The minimum atomic E-state index is -1.23. The van der Waals surface area contributed by atoms with Crippen LogP contribution in [0.5, 0.6) is 0 Å². The van der Waals surface area contributed by atoms with Gasteiger partial charge in [0.05, 0.1) is 0 Å². The highest BCUT2D eigenvalue weighted by molar-refractivity contribution is 5.28. The van der Waals surface area contributed by atoms with E-state index in [1.807, 2.05) is 24.3 Å². The maximum Gasteiger partial charge on any atom is 0.130 e. The Kier molecular flexibility index (Phi) is 2.79. The summed E-state index contributed by atoms with van der Waals surface area (Å²) in [5.74, 6) is 0. The number of halogens is 1. The third-order valence-electron chi connectivity index (χ3n) is 3.06. The van der Waals surface area contributed by atoms with E-state index in [2.05, 4.69) is 5.32 Å². The summed E-state index contributed by atoms with van der Waals surface area (Å²) in [4.78, 5) is 0. The van der Waals surface area contributed by atoms with Crippen molar-refractivity contribution >= 4 is 0 Å². The van der Waals surface area contributed by atoms with Crippen molar-refractivity contribution in [1.82, 2.24) is 5.32 Å². The summed E-state index contributed by atoms with van der Waals surface area (Å²) in [5.41, 5.74) is 0.798. The van der Waals surface area contributed by atoms with Crippen LogP contribution in [0, 0.1) is 0 Å². The van der Waals surface area contributed by atoms with Crippen molar-refractivity contribution in [3.8, 4) is 0 Å². The molecule has 0 radical (unpaired) electrons. The zero-order valence-corrected chi connectivity index (χ0v) is 9.39. The maximum absolute atomic E-state index is 13.6. The Morgan fingerprint density at radius 3 is 2.40 bits per heavy atom. The lowest BCUT2D eigenvalue weighted by Crippen LogP contribution is -2.14. The second-order valence-electron chi connectivity index (χ2n) is 4.74. The molecule has 1 aliphatic rings. The second kappa shape index (κ2) is 3.93. The molecule has 0 bridgehead atoms. The van der Waals surface area contributed by atoms with E-state index in [-0.39, 0.29) is 0 Å². The summed E-state index contributed by atoms with van der Waals surface area (Å²) in [6, 6.07) is 8.35. The fraction of sp³-hybridized carbons (Fsp3) is 0.538. The highest BCUT2D eigenvalue weighted by Crippen LogP contribution is 2.28. The first kappa shape index (κ1) is 10.6. The molecule has 1 N–H and O–H groups in total. The van der Waals surface area contributed by atoms with Crippen LogP contribution in [0.4, 0.5) is 4.39 Å². The number of hydrogen-bond donors (Lipinski definition) is 1. The van der Waals surface area contributed by atoms with Crippen LogP contribution in [-0.2, 0) is 5.67 Å². The largest absolute Gasteiger partial charge is 0.310 e. The molecule has 1 unspecified atom stereocenters. The molecule has 1 aromatic carbocycles. The lowest BCUT2D eigenvalue weighted by molar-refractivity contribution is 0.221. The molecule has 1 fully saturated rings. The summed E-state index contributed by atoms with van der Waals surface area (Å²) >= 11 is 0. The van der Waals surface area contributed by atoms with Gasteiger partial charge in [0, 0.05) is 6.04 Å². The molecular weight excluding hydrogens is 189 g/mol. The Morgan fingerprint density at radius 1 is 1.27 bits per heavy atom. The van der Waals surface area contributed by atoms with Gasteiger partial charge in [-0.15, -0.1) is 0 Å². The number of rotatable bonds is 2. The van der Waals surface area contributed by atoms with Crippen molar-refractivity contribution in [2.75, 3.05) is 6.54 Å². The van der Waals surface area contributed by atoms with E-state index in [0.717, 1.165) is 12.1 Å². The van der Waals surface area contributed by atoms with Gasteiger partial charge in [-0.05, 0) is 44.4 Å². The average Bonchev–Trinajstić information content (AvgIpc) is 2.69. The Morgan fingerprint density at radius 2 is 1.93 bits per heavy atom. The topological polar surface area (TPSA) is 12.0 Å². The summed E-state index contributed by atoms with van der Waals surface area (Å²) in [7, 11) is 0. The van der Waals surface area contributed by atoms with Crippen molar-refractivity contribution in [2.45, 2.75) is 38.4 Å². The van der Waals surface area contributed by atoms with Crippen LogP contribution in [0.25, 0.3) is 0 Å². The molecule has 1 saturated heterocycles. The van der Waals surface area contributed by atoms with E-state index >= 15 is 0 Å². The minimum absolute atomic E-state index is 0.474. The van der Waals surface area contributed by atoms with Gasteiger partial charge in [0.2, 0.25) is 0 Å². The SMILES string of the molecule is CC(C)(F)c1ccc(C2CCCN2)cc1. The van der Waals surface area contributed by atoms with Gasteiger partial charge in [-0.25, -0.2) is 4.39 Å². The highest BCUT2D eigenvalue weighted by Gasteiger charge is 2.20. The van der Waals surface area contributed by atoms with E-state index < -0.39 is 5.67 Å². The van der Waals surface area contributed by atoms with Crippen molar-refractivity contribution in [3.63, 3.8) is 0 Å². The molecule has 0 spiro atoms. The molecule has 1 aromatic rings. The first-order chi connectivity index (χ1) is 7.07. The molecule has 15 heavy (non-hydrogen) atoms. The molecule has 0 saturated carbocycles. The lowest BCUT2D eigenvalue weighted by Gasteiger charge is -2.16. The van der Waals surface area contributed by atoms with Crippen molar-refractivity contribution < 1.29 is 4.39 Å². The van der Waals surface area contributed by atoms with E-state index in [0.29, 0.717) is 6.04 Å². The monoisotopic (exact) mass is 207 g/mol. The Bertz CT molecular complexity index is 317. The first-order valence-corrected chi connectivity index (χ1v) is 5.60. The van der Waals surface area contributed by atoms with Crippen LogP contribution in [0.1, 0.15) is 43.9 Å². The molecule has 2 heteroatoms. The number of hydrogen-bond acceptors (Lipinski definition) is 1. The normalized spacial score (nSPS) is 21.9. The third-order valence-corrected chi connectivity index (χ3v) is 3.06. The Hall–Kier alpha value is -0.890. The second-order valence-corrected chi connectivity index (χ2v) is 4.74. The maximum atomic E-state index is 13.6. The van der Waals surface area contributed by atoms with E-state index in [1.54, 1.807) is 13.8 Å². The van der Waals surface area contributed by atoms with Gasteiger partial charge in [0.1, 0.15) is 5.67 Å². The first-order valence-electron chi connectivity index (χ1n) is 5.60. The fourth-order valence-electron chi connectivity index (χ4n) is 2.08. The average molecular weight is 207 g/mol. The smallest absolute Gasteiger partial charge is 0.130 e. The van der Waals surface area contributed by atoms with Gasteiger partial charge in [0.15, 0.2) is 0 Å². The molecule has 1 heterocycles. The molecule has 1 nitrogen and oxygen atoms in total. The molecule has 0 aliphatic carbocycles. The van der Waals surface area contributed by atoms with Gasteiger partial charge in [-0.1, -0.05) is 24.3 Å². The Labute approximate surface area is 90.7 Å². The standard InChI is InChI=1S/C13H18FN/c1-13(2,14)11-7-5-10(6-8-11)12-4-3-9-15-12/h5-8,12,15H,3-4,9H2,1-2H3. The predicted molar refractivity (Wildman–Crippen MR) is 60.6 cm³/mol. The highest BCUT2D eigenvalue weighted by atomic mass is 19.1. The molecule has 1 atom stereocenters. The molecule has 1 aliphatic heterocycles. The van der Waals surface area contributed by atoms with E-state index in [4.69, 9.17) is 0 Å². The summed E-state index contributed by atoms with van der Waals surface area (Å²) in [6.07, 6.45) is 2.43. The van der Waals surface area contributed by atoms with Gasteiger partial charge in [-0.2, -0.15) is 0 Å². The van der Waals surface area contributed by atoms with Crippen molar-refractivity contribution in [2.24, 2.45) is 0 Å². The summed E-state index contributed by atoms with van der Waals surface area (Å²) < 4.78 is 13.6. The van der Waals surface area contributed by atoms with Crippen molar-refractivity contribution in [1.29, 1.82) is 0 Å². The Balaban J connectivity index is 2.16. The van der Waals surface area contributed by atoms with Crippen LogP contribution >= 0.6 is 0 Å². The zero-order valence-electron chi connectivity index (χ0n) is 9.39. The van der Waals surface area contributed by atoms with Crippen LogP contribution in [0.3, 0.4) is 0 Å². The van der Waals surface area contributed by atoms with Crippen LogP contribution in [0.2, 0.25) is 0 Å². The molecule has 0 aromatic heterocycles. The third kappa shape index (κ3) is 2.37. The van der Waals surface area contributed by atoms with Crippen LogP contribution in [0.15, 0.2) is 24.3 Å². The number of benzene rings is 1. The van der Waals surface area contributed by atoms with Gasteiger partial charge in [-0.3, -0.25) is 0 Å². The van der Waals surface area contributed by atoms with Crippen LogP contribution in [-0.4, -0.2) is 6.54 Å². The quantitative estimate of drug-likeness (QED) is 0.784. The van der Waals surface area contributed by atoms with Gasteiger partial charge in [0.25, 0.3) is 0 Å². The molecule has 2 rings (SSSR count). The van der Waals surface area contributed by atoms with Crippen molar-refractivity contribution in [3.05, 3.63) is 35.4 Å². The predicted octanol–water partition coefficient (Wildman–Crippen LogP) is 3.32. The molecule has 82 valence electrons. The number of alkyl halides is 1. The lowest BCUT2D eigenvalue weighted by atomic mass is 9.96. The van der Waals surface area contributed by atoms with Gasteiger partial charge >= 0.3 is 0 Å². The molecule has 0 amide bonds. The number of nitrogens with one attached hydrogen (secondary N) is 1.